The van der Waals surface area contributed by atoms with Gasteiger partial charge in [-0.3, -0.25) is 5.43 Å². The predicted octanol–water partition coefficient (Wildman–Crippen LogP) is 1.42. The van der Waals surface area contributed by atoms with Crippen molar-refractivity contribution in [1.29, 1.82) is 5.26 Å². The number of nitrogens with one attached hydrogen (secondary N) is 2. The maximum Gasteiger partial charge on any atom is 0.350 e. The molecule has 0 aromatic carbocycles. The van der Waals surface area contributed by atoms with Crippen LogP contribution in [0.15, 0.2) is 23.2 Å². The molecule has 1 rings (SSSR count). The molecule has 8 heteroatoms. The van der Waals surface area contributed by atoms with E-state index in [0.717, 1.165) is 6.20 Å². The monoisotopic (exact) mass is 295 g/mol. The van der Waals surface area contributed by atoms with Crippen molar-refractivity contribution in [2.45, 2.75) is 6.92 Å². The van der Waals surface area contributed by atoms with E-state index in [0.29, 0.717) is 10.6 Å². The zero-order valence-corrected chi connectivity index (χ0v) is 11.7. The molecule has 1 heterocycles. The zero-order chi connectivity index (χ0) is 15.0. The van der Waals surface area contributed by atoms with Gasteiger partial charge in [0.25, 0.3) is 0 Å². The fourth-order valence-electron chi connectivity index (χ4n) is 1.19. The first-order valence-electron chi connectivity index (χ1n) is 5.58. The van der Waals surface area contributed by atoms with Gasteiger partial charge in [-0.2, -0.15) is 5.26 Å². The SMILES string of the molecule is CCOC(=O)C(C#N)=CNNc1ccsc1C(=O)OC. The van der Waals surface area contributed by atoms with Gasteiger partial charge in [-0.05, 0) is 18.4 Å². The van der Waals surface area contributed by atoms with Crippen molar-refractivity contribution < 1.29 is 19.1 Å². The summed E-state index contributed by atoms with van der Waals surface area (Å²) in [4.78, 5) is 23.1. The summed E-state index contributed by atoms with van der Waals surface area (Å²) in [5.41, 5.74) is 5.56. The van der Waals surface area contributed by atoms with E-state index >= 15 is 0 Å². The predicted molar refractivity (Wildman–Crippen MR) is 72.7 cm³/mol. The first kappa shape index (κ1) is 15.5. The second kappa shape index (κ2) is 7.81. The third-order valence-electron chi connectivity index (χ3n) is 2.08. The Hall–Kier alpha value is -2.53. The number of hydrazine groups is 1. The Bertz CT molecular complexity index is 559. The standard InChI is InChI=1S/C12H13N3O4S/c1-3-19-11(16)8(6-13)7-14-15-9-4-5-20-10(9)12(17)18-2/h4-5,7,14-15H,3H2,1-2H3. The second-order valence-corrected chi connectivity index (χ2v) is 4.23. The number of carbonyl (C=O) groups is 2. The fourth-order valence-corrected chi connectivity index (χ4v) is 1.96. The number of carbonyl (C=O) groups excluding carboxylic acids is 2. The van der Waals surface area contributed by atoms with E-state index in [1.165, 1.54) is 18.4 Å². The molecule has 0 saturated carbocycles. The van der Waals surface area contributed by atoms with Gasteiger partial charge in [0.1, 0.15) is 10.9 Å². The largest absolute Gasteiger partial charge is 0.465 e. The number of esters is 2. The van der Waals surface area contributed by atoms with Crippen LogP contribution in [0.3, 0.4) is 0 Å². The Kier molecular flexibility index (Phi) is 6.06. The van der Waals surface area contributed by atoms with E-state index in [9.17, 15) is 9.59 Å². The third-order valence-corrected chi connectivity index (χ3v) is 2.97. The number of hydrogen-bond acceptors (Lipinski definition) is 8. The van der Waals surface area contributed by atoms with Gasteiger partial charge in [-0.25, -0.2) is 9.59 Å². The molecular formula is C12H13N3O4S. The number of ether oxygens (including phenoxy) is 2. The van der Waals surface area contributed by atoms with Crippen LogP contribution < -0.4 is 10.9 Å². The van der Waals surface area contributed by atoms with Crippen LogP contribution >= 0.6 is 11.3 Å². The van der Waals surface area contributed by atoms with E-state index in [1.807, 2.05) is 0 Å². The zero-order valence-electron chi connectivity index (χ0n) is 10.9. The summed E-state index contributed by atoms with van der Waals surface area (Å²) in [6, 6.07) is 3.37. The molecule has 7 nitrogen and oxygen atoms in total. The molecular weight excluding hydrogens is 282 g/mol. The molecule has 2 N–H and O–H groups in total. The normalized spacial score (nSPS) is 10.3. The van der Waals surface area contributed by atoms with Crippen LogP contribution in [0, 0.1) is 11.3 Å². The molecule has 0 spiro atoms. The Morgan fingerprint density at radius 1 is 1.55 bits per heavy atom. The lowest BCUT2D eigenvalue weighted by molar-refractivity contribution is -0.138. The lowest BCUT2D eigenvalue weighted by Crippen LogP contribution is -2.19. The van der Waals surface area contributed by atoms with Gasteiger partial charge in [-0.1, -0.05) is 0 Å². The first-order valence-corrected chi connectivity index (χ1v) is 6.46. The molecule has 0 saturated heterocycles. The number of methoxy groups -OCH3 is 1. The van der Waals surface area contributed by atoms with Gasteiger partial charge in [0.2, 0.25) is 0 Å². The lowest BCUT2D eigenvalue weighted by atomic mass is 10.3. The summed E-state index contributed by atoms with van der Waals surface area (Å²) in [6.45, 7) is 1.83. The maximum atomic E-state index is 11.4. The Morgan fingerprint density at radius 3 is 2.90 bits per heavy atom. The highest BCUT2D eigenvalue weighted by molar-refractivity contribution is 7.12. The smallest absolute Gasteiger partial charge is 0.350 e. The number of rotatable bonds is 6. The van der Waals surface area contributed by atoms with Gasteiger partial charge in [0, 0.05) is 6.20 Å². The van der Waals surface area contributed by atoms with Gasteiger partial charge < -0.3 is 14.9 Å². The van der Waals surface area contributed by atoms with Crippen LogP contribution in [0.5, 0.6) is 0 Å². The number of nitrogens with zero attached hydrogens (tertiary/aromatic N) is 1. The van der Waals surface area contributed by atoms with Gasteiger partial charge >= 0.3 is 11.9 Å². The number of nitriles is 1. The minimum Gasteiger partial charge on any atom is -0.465 e. The van der Waals surface area contributed by atoms with Crippen molar-refractivity contribution in [2.75, 3.05) is 19.1 Å². The molecule has 0 aliphatic rings. The second-order valence-electron chi connectivity index (χ2n) is 3.31. The van der Waals surface area contributed by atoms with Crippen molar-refractivity contribution in [2.24, 2.45) is 0 Å². The molecule has 106 valence electrons. The summed E-state index contributed by atoms with van der Waals surface area (Å²) in [6.07, 6.45) is 1.16. The molecule has 0 fully saturated rings. The number of hydrogen-bond donors (Lipinski definition) is 2. The van der Waals surface area contributed by atoms with E-state index in [1.54, 1.807) is 24.4 Å². The summed E-state index contributed by atoms with van der Waals surface area (Å²) >= 11 is 1.21. The topological polar surface area (TPSA) is 100 Å². The quantitative estimate of drug-likeness (QED) is 0.354. The van der Waals surface area contributed by atoms with Gasteiger partial charge in [-0.15, -0.1) is 11.3 Å². The molecule has 0 unspecified atom stereocenters. The van der Waals surface area contributed by atoms with Crippen molar-refractivity contribution >= 4 is 29.0 Å². The van der Waals surface area contributed by atoms with Crippen molar-refractivity contribution in [3.63, 3.8) is 0 Å². The Morgan fingerprint density at radius 2 is 2.30 bits per heavy atom. The highest BCUT2D eigenvalue weighted by Gasteiger charge is 2.13. The molecule has 0 aliphatic heterocycles. The van der Waals surface area contributed by atoms with E-state index in [-0.39, 0.29) is 12.2 Å². The first-order chi connectivity index (χ1) is 9.63. The Balaban J connectivity index is 2.68. The van der Waals surface area contributed by atoms with Crippen LogP contribution in [0.1, 0.15) is 16.6 Å². The maximum absolute atomic E-state index is 11.4. The third kappa shape index (κ3) is 4.00. The molecule has 0 amide bonds. The van der Waals surface area contributed by atoms with E-state index in [4.69, 9.17) is 10.00 Å². The lowest BCUT2D eigenvalue weighted by Gasteiger charge is -2.06. The average molecular weight is 295 g/mol. The summed E-state index contributed by atoms with van der Waals surface area (Å²) in [7, 11) is 1.29. The van der Waals surface area contributed by atoms with Gasteiger partial charge in [0.05, 0.1) is 19.4 Å². The van der Waals surface area contributed by atoms with Crippen LogP contribution in [0.4, 0.5) is 5.69 Å². The molecule has 0 bridgehead atoms. The molecule has 0 radical (unpaired) electrons. The van der Waals surface area contributed by atoms with Crippen LogP contribution in [-0.4, -0.2) is 25.7 Å². The minimum absolute atomic E-state index is 0.183. The number of thiophene rings is 1. The summed E-state index contributed by atoms with van der Waals surface area (Å²) in [5.74, 6) is -1.19. The van der Waals surface area contributed by atoms with Crippen molar-refractivity contribution in [3.05, 3.63) is 28.1 Å². The number of anilines is 1. The summed E-state index contributed by atoms with van der Waals surface area (Å²) in [5, 5.41) is 10.5. The Labute approximate surface area is 119 Å². The highest BCUT2D eigenvalue weighted by Crippen LogP contribution is 2.22. The van der Waals surface area contributed by atoms with Crippen LogP contribution in [0.25, 0.3) is 0 Å². The molecule has 0 aliphatic carbocycles. The fraction of sp³-hybridized carbons (Fsp3) is 0.250. The summed E-state index contributed by atoms with van der Waals surface area (Å²) < 4.78 is 9.31. The molecule has 1 aromatic heterocycles. The van der Waals surface area contributed by atoms with Crippen molar-refractivity contribution in [1.82, 2.24) is 5.43 Å². The van der Waals surface area contributed by atoms with Crippen LogP contribution in [-0.2, 0) is 14.3 Å². The van der Waals surface area contributed by atoms with E-state index in [2.05, 4.69) is 15.6 Å². The average Bonchev–Trinajstić information content (AvgIpc) is 2.91. The molecule has 0 atom stereocenters. The highest BCUT2D eigenvalue weighted by atomic mass is 32.1. The van der Waals surface area contributed by atoms with Crippen LogP contribution in [0.2, 0.25) is 0 Å². The van der Waals surface area contributed by atoms with E-state index < -0.39 is 11.9 Å². The minimum atomic E-state index is -0.720. The van der Waals surface area contributed by atoms with Crippen molar-refractivity contribution in [3.8, 4) is 6.07 Å². The van der Waals surface area contributed by atoms with Gasteiger partial charge in [0.15, 0.2) is 5.57 Å². The molecule has 20 heavy (non-hydrogen) atoms. The molecule has 1 aromatic rings.